The molecule has 0 amide bonds. The highest BCUT2D eigenvalue weighted by Gasteiger charge is 2.22. The van der Waals surface area contributed by atoms with Gasteiger partial charge >= 0.3 is 0 Å². The molecule has 0 saturated heterocycles. The summed E-state index contributed by atoms with van der Waals surface area (Å²) in [6.45, 7) is 2.06. The number of aromatic nitrogens is 2. The Kier molecular flexibility index (Phi) is 3.97. The maximum atomic E-state index is 11.0. The van der Waals surface area contributed by atoms with Crippen molar-refractivity contribution in [2.45, 2.75) is 36.5 Å². The number of rotatable bonds is 4. The Hall–Kier alpha value is -1.99. The van der Waals surface area contributed by atoms with Gasteiger partial charge in [0, 0.05) is 27.6 Å². The van der Waals surface area contributed by atoms with E-state index in [0.717, 1.165) is 28.3 Å². The molecular formula is C17H15N3O2S2. The summed E-state index contributed by atoms with van der Waals surface area (Å²) in [5.74, 6) is 0. The minimum absolute atomic E-state index is 0.0833. The quantitative estimate of drug-likeness (QED) is 0.286. The van der Waals surface area contributed by atoms with Crippen LogP contribution in [0.4, 0.5) is 5.69 Å². The van der Waals surface area contributed by atoms with Crippen LogP contribution in [0.1, 0.15) is 34.6 Å². The van der Waals surface area contributed by atoms with Gasteiger partial charge in [-0.2, -0.15) is 0 Å². The van der Waals surface area contributed by atoms with Gasteiger partial charge in [0.05, 0.1) is 4.92 Å². The number of nitro benzene ring substituents is 1. The molecule has 1 aliphatic carbocycles. The third-order valence-electron chi connectivity index (χ3n) is 4.31. The normalized spacial score (nSPS) is 14.7. The number of benzene rings is 1. The SMILES string of the molecule is C[C@H](Sc1ncnc2sc3c(c12)CCC3)c1cccc([N+](=O)[O-])c1. The number of thiophene rings is 1. The van der Waals surface area contributed by atoms with Gasteiger partial charge in [0.15, 0.2) is 0 Å². The van der Waals surface area contributed by atoms with Crippen molar-refractivity contribution >= 4 is 39.0 Å². The number of fused-ring (bicyclic) bond motifs is 3. The first kappa shape index (κ1) is 15.5. The molecule has 2 heterocycles. The van der Waals surface area contributed by atoms with Crippen LogP contribution in [-0.2, 0) is 12.8 Å². The van der Waals surface area contributed by atoms with Crippen molar-refractivity contribution in [1.82, 2.24) is 9.97 Å². The smallest absolute Gasteiger partial charge is 0.258 e. The number of non-ortho nitro benzene ring substituents is 1. The first-order valence-electron chi connectivity index (χ1n) is 7.79. The third kappa shape index (κ3) is 2.67. The number of hydrogen-bond acceptors (Lipinski definition) is 6. The van der Waals surface area contributed by atoms with Gasteiger partial charge < -0.3 is 0 Å². The number of hydrogen-bond donors (Lipinski definition) is 0. The van der Waals surface area contributed by atoms with Crippen LogP contribution < -0.4 is 0 Å². The van der Waals surface area contributed by atoms with Crippen molar-refractivity contribution in [3.63, 3.8) is 0 Å². The average Bonchev–Trinajstić information content (AvgIpc) is 3.16. The zero-order valence-corrected chi connectivity index (χ0v) is 14.7. The fourth-order valence-corrected chi connectivity index (χ4v) is 5.47. The molecule has 0 aliphatic heterocycles. The van der Waals surface area contributed by atoms with E-state index in [-0.39, 0.29) is 15.9 Å². The van der Waals surface area contributed by atoms with E-state index in [9.17, 15) is 10.1 Å². The van der Waals surface area contributed by atoms with Crippen LogP contribution in [0.5, 0.6) is 0 Å². The van der Waals surface area contributed by atoms with Crippen molar-refractivity contribution in [3.05, 3.63) is 56.7 Å². The van der Waals surface area contributed by atoms with Crippen molar-refractivity contribution in [3.8, 4) is 0 Å². The Bertz CT molecular complexity index is 939. The van der Waals surface area contributed by atoms with Crippen LogP contribution in [0.3, 0.4) is 0 Å². The monoisotopic (exact) mass is 357 g/mol. The lowest BCUT2D eigenvalue weighted by molar-refractivity contribution is -0.384. The topological polar surface area (TPSA) is 68.9 Å². The number of nitro groups is 1. The van der Waals surface area contributed by atoms with E-state index in [2.05, 4.69) is 16.9 Å². The summed E-state index contributed by atoms with van der Waals surface area (Å²) in [6.07, 6.45) is 5.06. The lowest BCUT2D eigenvalue weighted by Gasteiger charge is -2.12. The fraction of sp³-hybridized carbons (Fsp3) is 0.294. The molecule has 0 N–H and O–H groups in total. The standard InChI is InChI=1S/C17H15N3O2S2/c1-10(11-4-2-5-12(8-11)20(21)22)23-16-15-13-6-3-7-14(13)24-17(15)19-9-18-16/h2,4-5,8-10H,3,6-7H2,1H3/t10-/m0/s1. The van der Waals surface area contributed by atoms with E-state index < -0.39 is 0 Å². The molecule has 0 radical (unpaired) electrons. The highest BCUT2D eigenvalue weighted by Crippen LogP contribution is 2.43. The van der Waals surface area contributed by atoms with Crippen LogP contribution in [0.2, 0.25) is 0 Å². The van der Waals surface area contributed by atoms with Gasteiger partial charge in [-0.15, -0.1) is 11.3 Å². The van der Waals surface area contributed by atoms with Gasteiger partial charge in [-0.25, -0.2) is 9.97 Å². The van der Waals surface area contributed by atoms with Gasteiger partial charge in [-0.3, -0.25) is 10.1 Å². The lowest BCUT2D eigenvalue weighted by Crippen LogP contribution is -1.94. The minimum Gasteiger partial charge on any atom is -0.258 e. The fourth-order valence-electron chi connectivity index (χ4n) is 3.12. The predicted molar refractivity (Wildman–Crippen MR) is 96.8 cm³/mol. The summed E-state index contributed by atoms with van der Waals surface area (Å²) in [5, 5.41) is 13.2. The first-order chi connectivity index (χ1) is 11.6. The van der Waals surface area contributed by atoms with Crippen LogP contribution in [0.25, 0.3) is 10.2 Å². The molecule has 24 heavy (non-hydrogen) atoms. The Morgan fingerprint density at radius 3 is 3.04 bits per heavy atom. The van der Waals surface area contributed by atoms with Crippen molar-refractivity contribution in [2.75, 3.05) is 0 Å². The first-order valence-corrected chi connectivity index (χ1v) is 9.49. The van der Waals surface area contributed by atoms with E-state index in [1.165, 1.54) is 28.3 Å². The largest absolute Gasteiger partial charge is 0.269 e. The summed E-state index contributed by atoms with van der Waals surface area (Å²) in [6, 6.07) is 6.84. The molecule has 122 valence electrons. The Morgan fingerprint density at radius 1 is 1.33 bits per heavy atom. The predicted octanol–water partition coefficient (Wildman–Crippen LogP) is 4.94. The number of thioether (sulfide) groups is 1. The zero-order valence-electron chi connectivity index (χ0n) is 13.1. The van der Waals surface area contributed by atoms with Crippen molar-refractivity contribution in [1.29, 1.82) is 0 Å². The van der Waals surface area contributed by atoms with E-state index in [1.807, 2.05) is 6.07 Å². The second kappa shape index (κ2) is 6.14. The molecule has 5 nitrogen and oxygen atoms in total. The average molecular weight is 357 g/mol. The molecule has 0 fully saturated rings. The molecule has 1 aliphatic rings. The highest BCUT2D eigenvalue weighted by atomic mass is 32.2. The maximum absolute atomic E-state index is 11.0. The Labute approximate surface area is 147 Å². The summed E-state index contributed by atoms with van der Waals surface area (Å²) in [5.41, 5.74) is 2.47. The summed E-state index contributed by atoms with van der Waals surface area (Å²) in [7, 11) is 0. The molecule has 0 spiro atoms. The van der Waals surface area contributed by atoms with Crippen LogP contribution in [0, 0.1) is 10.1 Å². The van der Waals surface area contributed by atoms with Crippen LogP contribution >= 0.6 is 23.1 Å². The van der Waals surface area contributed by atoms with Crippen molar-refractivity contribution < 1.29 is 4.92 Å². The molecule has 4 rings (SSSR count). The number of aryl methyl sites for hydroxylation is 2. The summed E-state index contributed by atoms with van der Waals surface area (Å²) in [4.78, 5) is 22.1. The molecular weight excluding hydrogens is 342 g/mol. The van der Waals surface area contributed by atoms with Gasteiger partial charge in [0.25, 0.3) is 5.69 Å². The summed E-state index contributed by atoms with van der Waals surface area (Å²) >= 11 is 3.43. The molecule has 0 unspecified atom stereocenters. The number of nitrogens with zero attached hydrogens (tertiary/aromatic N) is 3. The molecule has 1 aromatic carbocycles. The maximum Gasteiger partial charge on any atom is 0.269 e. The van der Waals surface area contributed by atoms with Gasteiger partial charge in [0.1, 0.15) is 16.2 Å². The Balaban J connectivity index is 1.69. The summed E-state index contributed by atoms with van der Waals surface area (Å²) < 4.78 is 0. The molecule has 2 aromatic heterocycles. The lowest BCUT2D eigenvalue weighted by atomic mass is 10.1. The van der Waals surface area contributed by atoms with Gasteiger partial charge in [0.2, 0.25) is 0 Å². The third-order valence-corrected chi connectivity index (χ3v) is 6.66. The second-order valence-corrected chi connectivity index (χ2v) is 8.24. The van der Waals surface area contributed by atoms with E-state index in [4.69, 9.17) is 0 Å². The molecule has 0 bridgehead atoms. The second-order valence-electron chi connectivity index (χ2n) is 5.83. The minimum atomic E-state index is -0.352. The van der Waals surface area contributed by atoms with E-state index in [0.29, 0.717) is 0 Å². The Morgan fingerprint density at radius 2 is 2.21 bits per heavy atom. The van der Waals surface area contributed by atoms with E-state index in [1.54, 1.807) is 41.6 Å². The van der Waals surface area contributed by atoms with Crippen LogP contribution in [-0.4, -0.2) is 14.9 Å². The zero-order chi connectivity index (χ0) is 16.7. The van der Waals surface area contributed by atoms with E-state index >= 15 is 0 Å². The van der Waals surface area contributed by atoms with Gasteiger partial charge in [-0.05, 0) is 37.3 Å². The molecule has 1 atom stereocenters. The van der Waals surface area contributed by atoms with Crippen LogP contribution in [0.15, 0.2) is 35.6 Å². The molecule has 3 aromatic rings. The molecule has 0 saturated carbocycles. The molecule has 7 heteroatoms. The van der Waals surface area contributed by atoms with Gasteiger partial charge in [-0.1, -0.05) is 23.9 Å². The highest BCUT2D eigenvalue weighted by molar-refractivity contribution is 7.99. The van der Waals surface area contributed by atoms with Crippen molar-refractivity contribution in [2.24, 2.45) is 0 Å².